The second-order valence-electron chi connectivity index (χ2n) is 8.88. The van der Waals surface area contributed by atoms with E-state index >= 15 is 0 Å². The Kier molecular flexibility index (Phi) is 6.31. The molecule has 2 aliphatic rings. The predicted octanol–water partition coefficient (Wildman–Crippen LogP) is 4.91. The number of nitrogens with zero attached hydrogens (tertiary/aromatic N) is 3. The summed E-state index contributed by atoms with van der Waals surface area (Å²) in [4.78, 5) is 23.5. The highest BCUT2D eigenvalue weighted by atomic mass is 32.1. The van der Waals surface area contributed by atoms with Gasteiger partial charge >= 0.3 is 0 Å². The predicted molar refractivity (Wildman–Crippen MR) is 141 cm³/mol. The number of anilines is 1. The van der Waals surface area contributed by atoms with Crippen molar-refractivity contribution in [2.45, 2.75) is 5.92 Å². The van der Waals surface area contributed by atoms with Gasteiger partial charge in [-0.05, 0) is 24.3 Å². The summed E-state index contributed by atoms with van der Waals surface area (Å²) >= 11 is 1.53. The van der Waals surface area contributed by atoms with Crippen LogP contribution in [0.15, 0.2) is 66.7 Å². The molecule has 1 amide bonds. The summed E-state index contributed by atoms with van der Waals surface area (Å²) < 4.78 is 18.1. The Labute approximate surface area is 213 Å². The van der Waals surface area contributed by atoms with Crippen molar-refractivity contribution in [1.82, 2.24) is 9.88 Å². The third kappa shape index (κ3) is 4.32. The zero-order valence-electron chi connectivity index (χ0n) is 20.1. The zero-order valence-corrected chi connectivity index (χ0v) is 20.9. The van der Waals surface area contributed by atoms with Crippen molar-refractivity contribution in [1.29, 1.82) is 0 Å². The number of morpholine rings is 1. The summed E-state index contributed by atoms with van der Waals surface area (Å²) in [5.41, 5.74) is 2.58. The molecule has 8 heteroatoms. The van der Waals surface area contributed by atoms with Gasteiger partial charge in [-0.2, -0.15) is 0 Å². The second kappa shape index (κ2) is 9.89. The summed E-state index contributed by atoms with van der Waals surface area (Å²) in [5.74, 6) is 1.71. The van der Waals surface area contributed by atoms with Crippen LogP contribution in [0.25, 0.3) is 10.2 Å². The Morgan fingerprint density at radius 1 is 1.06 bits per heavy atom. The topological polar surface area (TPSA) is 64.1 Å². The second-order valence-corrected chi connectivity index (χ2v) is 9.89. The van der Waals surface area contributed by atoms with Crippen molar-refractivity contribution in [3.63, 3.8) is 0 Å². The van der Waals surface area contributed by atoms with E-state index in [-0.39, 0.29) is 5.91 Å². The zero-order chi connectivity index (χ0) is 24.5. The van der Waals surface area contributed by atoms with Crippen molar-refractivity contribution in [3.05, 3.63) is 77.9 Å². The van der Waals surface area contributed by atoms with Gasteiger partial charge in [-0.1, -0.05) is 47.7 Å². The van der Waals surface area contributed by atoms with E-state index in [9.17, 15) is 4.79 Å². The number of hydrogen-bond acceptors (Lipinski definition) is 7. The highest BCUT2D eigenvalue weighted by molar-refractivity contribution is 7.22. The van der Waals surface area contributed by atoms with Crippen LogP contribution in [0.5, 0.6) is 17.2 Å². The lowest BCUT2D eigenvalue weighted by atomic mass is 9.87. The summed E-state index contributed by atoms with van der Waals surface area (Å²) in [6, 6.07) is 21.4. The van der Waals surface area contributed by atoms with Gasteiger partial charge in [-0.15, -0.1) is 0 Å². The largest absolute Gasteiger partial charge is 0.497 e. The number of methoxy groups -OCH3 is 1. The van der Waals surface area contributed by atoms with E-state index in [1.54, 1.807) is 7.11 Å². The molecule has 0 aliphatic carbocycles. The summed E-state index contributed by atoms with van der Waals surface area (Å²) in [6.07, 6.45) is 0. The van der Waals surface area contributed by atoms with Crippen LogP contribution in [0.3, 0.4) is 0 Å². The number of benzene rings is 3. The molecule has 1 aromatic heterocycles. The van der Waals surface area contributed by atoms with Crippen LogP contribution in [-0.4, -0.2) is 62.3 Å². The molecule has 0 spiro atoms. The van der Waals surface area contributed by atoms with E-state index < -0.39 is 5.92 Å². The number of carbonyl (C=O) groups excluding carboxylic acids is 1. The monoisotopic (exact) mass is 501 g/mol. The van der Waals surface area contributed by atoms with Gasteiger partial charge in [0.25, 0.3) is 0 Å². The molecule has 0 radical (unpaired) electrons. The van der Waals surface area contributed by atoms with Crippen molar-refractivity contribution in [2.24, 2.45) is 0 Å². The molecule has 1 fully saturated rings. The molecule has 1 saturated heterocycles. The molecule has 0 saturated carbocycles. The Morgan fingerprint density at radius 2 is 1.75 bits per heavy atom. The molecule has 184 valence electrons. The summed E-state index contributed by atoms with van der Waals surface area (Å²) in [6.45, 7) is 4.45. The summed E-state index contributed by atoms with van der Waals surface area (Å²) in [5, 5.41) is 0.693. The first-order chi connectivity index (χ1) is 17.7. The fourth-order valence-corrected chi connectivity index (χ4v) is 5.81. The van der Waals surface area contributed by atoms with Crippen LogP contribution in [0.1, 0.15) is 17.0 Å². The normalized spacial score (nSPS) is 15.7. The number of aromatic nitrogens is 1. The molecular formula is C28H27N3O4S. The fraction of sp³-hybridized carbons (Fsp3) is 0.286. The molecule has 7 nitrogen and oxygen atoms in total. The van der Waals surface area contributed by atoms with Crippen LogP contribution in [0, 0.1) is 0 Å². The first-order valence-corrected chi connectivity index (χ1v) is 12.9. The van der Waals surface area contributed by atoms with E-state index in [4.69, 9.17) is 19.2 Å². The van der Waals surface area contributed by atoms with Crippen LogP contribution in [0.2, 0.25) is 0 Å². The molecule has 0 atom stereocenters. The van der Waals surface area contributed by atoms with Gasteiger partial charge in [-0.25, -0.2) is 4.98 Å². The Balaban J connectivity index is 1.40. The maximum Gasteiger partial charge on any atom is 0.241 e. The maximum absolute atomic E-state index is 14.5. The number of thiazole rings is 1. The molecule has 4 aromatic rings. The van der Waals surface area contributed by atoms with Crippen molar-refractivity contribution in [2.75, 3.05) is 51.4 Å². The number of hydrogen-bond donors (Lipinski definition) is 0. The molecule has 0 N–H and O–H groups in total. The molecule has 2 aliphatic heterocycles. The Morgan fingerprint density at radius 3 is 2.44 bits per heavy atom. The van der Waals surface area contributed by atoms with Gasteiger partial charge in [0.15, 0.2) is 5.13 Å². The lowest BCUT2D eigenvalue weighted by Gasteiger charge is -2.33. The SMILES string of the molecule is COc1ccc2sc(N(CCN3CCOCC3)C(=O)C3c4ccccc4Oc4ccccc43)nc2c1. The molecule has 3 aromatic carbocycles. The number of amides is 1. The van der Waals surface area contributed by atoms with Gasteiger partial charge in [0, 0.05) is 43.4 Å². The van der Waals surface area contributed by atoms with Crippen LogP contribution < -0.4 is 14.4 Å². The van der Waals surface area contributed by atoms with Gasteiger partial charge in [0.2, 0.25) is 5.91 Å². The van der Waals surface area contributed by atoms with E-state index in [1.807, 2.05) is 71.6 Å². The van der Waals surface area contributed by atoms with E-state index in [0.717, 1.165) is 71.4 Å². The quantitative estimate of drug-likeness (QED) is 0.374. The van der Waals surface area contributed by atoms with Gasteiger partial charge < -0.3 is 14.2 Å². The minimum absolute atomic E-state index is 0.00233. The molecule has 3 heterocycles. The smallest absolute Gasteiger partial charge is 0.241 e. The first-order valence-electron chi connectivity index (χ1n) is 12.1. The lowest BCUT2D eigenvalue weighted by Crippen LogP contribution is -2.44. The van der Waals surface area contributed by atoms with Crippen molar-refractivity contribution >= 4 is 32.6 Å². The number of rotatable bonds is 6. The molecule has 36 heavy (non-hydrogen) atoms. The van der Waals surface area contributed by atoms with Crippen LogP contribution in [0.4, 0.5) is 5.13 Å². The fourth-order valence-electron chi connectivity index (χ4n) is 4.84. The van der Waals surface area contributed by atoms with E-state index in [0.29, 0.717) is 11.7 Å². The molecule has 6 rings (SSSR count). The summed E-state index contributed by atoms with van der Waals surface area (Å²) in [7, 11) is 1.65. The first kappa shape index (κ1) is 23.0. The molecule has 0 unspecified atom stereocenters. The van der Waals surface area contributed by atoms with Crippen molar-refractivity contribution in [3.8, 4) is 17.2 Å². The average Bonchev–Trinajstić information content (AvgIpc) is 3.35. The standard InChI is InChI=1S/C28H27N3O4S/c1-33-19-10-11-25-22(18-19)29-28(36-25)31(13-12-30-14-16-34-17-15-30)27(32)26-20-6-2-4-8-23(20)35-24-9-5-3-7-21(24)26/h2-11,18,26H,12-17H2,1H3. The number of para-hydroxylation sites is 2. The highest BCUT2D eigenvalue weighted by Crippen LogP contribution is 2.45. The third-order valence-corrected chi connectivity index (χ3v) is 7.81. The maximum atomic E-state index is 14.5. The lowest BCUT2D eigenvalue weighted by molar-refractivity contribution is -0.119. The molecule has 0 bridgehead atoms. The van der Waals surface area contributed by atoms with Crippen LogP contribution in [-0.2, 0) is 9.53 Å². The van der Waals surface area contributed by atoms with Gasteiger partial charge in [0.05, 0.1) is 36.5 Å². The molecular weight excluding hydrogens is 474 g/mol. The number of fused-ring (bicyclic) bond motifs is 3. The minimum atomic E-state index is -0.475. The Bertz CT molecular complexity index is 1350. The van der Waals surface area contributed by atoms with Crippen molar-refractivity contribution < 1.29 is 19.0 Å². The third-order valence-electron chi connectivity index (χ3n) is 6.75. The van der Waals surface area contributed by atoms with E-state index in [2.05, 4.69) is 4.90 Å². The number of ether oxygens (including phenoxy) is 3. The van der Waals surface area contributed by atoms with Crippen LogP contribution >= 0.6 is 11.3 Å². The number of carbonyl (C=O) groups is 1. The highest BCUT2D eigenvalue weighted by Gasteiger charge is 2.36. The average molecular weight is 502 g/mol. The van der Waals surface area contributed by atoms with Gasteiger partial charge in [-0.3, -0.25) is 14.6 Å². The van der Waals surface area contributed by atoms with E-state index in [1.165, 1.54) is 11.3 Å². The van der Waals surface area contributed by atoms with Gasteiger partial charge in [0.1, 0.15) is 17.2 Å². The minimum Gasteiger partial charge on any atom is -0.497 e. The Hall–Kier alpha value is -3.46.